The van der Waals surface area contributed by atoms with Crippen LogP contribution in [0.25, 0.3) is 0 Å². The van der Waals surface area contributed by atoms with Gasteiger partial charge in [-0.1, -0.05) is 19.3 Å². The van der Waals surface area contributed by atoms with E-state index in [4.69, 9.17) is 0 Å². The molecule has 4 saturated carbocycles. The second kappa shape index (κ2) is 1.30. The first-order valence-electron chi connectivity index (χ1n) is 5.42. The molecule has 0 aromatic heterocycles. The Hall–Kier alpha value is 0. The SMILES string of the molecule is C1CC[C@]23[C@@H]4CCC[C@]2(C1)[C@@H]43. The number of hydrogen-bond acceptors (Lipinski definition) is 0. The van der Waals surface area contributed by atoms with Crippen LogP contribution in [0.1, 0.15) is 44.9 Å². The van der Waals surface area contributed by atoms with Gasteiger partial charge in [-0.05, 0) is 48.3 Å². The molecule has 4 rings (SSSR count). The lowest BCUT2D eigenvalue weighted by molar-refractivity contribution is 0.0993. The zero-order valence-corrected chi connectivity index (χ0v) is 7.10. The molecule has 0 heteroatoms. The molecule has 0 aliphatic heterocycles. The minimum Gasteiger partial charge on any atom is -0.0527 e. The largest absolute Gasteiger partial charge is 0.0527 e. The van der Waals surface area contributed by atoms with E-state index in [0.29, 0.717) is 0 Å². The summed E-state index contributed by atoms with van der Waals surface area (Å²) in [5, 5.41) is 0. The Balaban J connectivity index is 1.79. The normalized spacial score (nSPS) is 69.8. The average molecular weight is 148 g/mol. The van der Waals surface area contributed by atoms with E-state index in [2.05, 4.69) is 0 Å². The lowest BCUT2D eigenvalue weighted by Crippen LogP contribution is -2.30. The van der Waals surface area contributed by atoms with Crippen molar-refractivity contribution >= 4 is 0 Å². The molecule has 0 unspecified atom stereocenters. The van der Waals surface area contributed by atoms with Crippen LogP contribution in [-0.4, -0.2) is 0 Å². The Bertz CT molecular complexity index is 212. The average Bonchev–Trinajstić information content (AvgIpc) is 2.89. The van der Waals surface area contributed by atoms with Gasteiger partial charge in [-0.2, -0.15) is 0 Å². The summed E-state index contributed by atoms with van der Waals surface area (Å²) in [5.41, 5.74) is 1.98. The maximum Gasteiger partial charge on any atom is -0.0170 e. The van der Waals surface area contributed by atoms with Crippen LogP contribution in [0, 0.1) is 22.7 Å². The van der Waals surface area contributed by atoms with E-state index >= 15 is 0 Å². The van der Waals surface area contributed by atoms with Crippen LogP contribution in [0.3, 0.4) is 0 Å². The van der Waals surface area contributed by atoms with Crippen molar-refractivity contribution in [2.45, 2.75) is 44.9 Å². The van der Waals surface area contributed by atoms with Gasteiger partial charge in [-0.15, -0.1) is 0 Å². The molecular formula is C11H16. The lowest BCUT2D eigenvalue weighted by Gasteiger charge is -2.40. The van der Waals surface area contributed by atoms with Gasteiger partial charge in [0.25, 0.3) is 0 Å². The summed E-state index contributed by atoms with van der Waals surface area (Å²) in [6, 6.07) is 0. The highest BCUT2D eigenvalue weighted by molar-refractivity contribution is 5.41. The first-order chi connectivity index (χ1) is 5.42. The van der Waals surface area contributed by atoms with Crippen molar-refractivity contribution in [1.82, 2.24) is 0 Å². The van der Waals surface area contributed by atoms with Crippen molar-refractivity contribution in [2.75, 3.05) is 0 Å². The minimum absolute atomic E-state index is 0.980. The van der Waals surface area contributed by atoms with Crippen LogP contribution >= 0.6 is 0 Å². The fourth-order valence-electron chi connectivity index (χ4n) is 5.32. The fourth-order valence-corrected chi connectivity index (χ4v) is 5.32. The third-order valence-electron chi connectivity index (χ3n) is 5.55. The highest BCUT2D eigenvalue weighted by Gasteiger charge is 2.93. The molecule has 0 heterocycles. The zero-order chi connectivity index (χ0) is 7.10. The number of fused-ring (bicyclic) bond motifs is 1. The summed E-state index contributed by atoms with van der Waals surface area (Å²) in [5.74, 6) is 2.52. The molecule has 0 bridgehead atoms. The molecule has 0 amide bonds. The summed E-state index contributed by atoms with van der Waals surface area (Å²) in [6.45, 7) is 0. The van der Waals surface area contributed by atoms with Crippen molar-refractivity contribution in [3.8, 4) is 0 Å². The van der Waals surface area contributed by atoms with Gasteiger partial charge in [-0.3, -0.25) is 0 Å². The highest BCUT2D eigenvalue weighted by atomic mass is 15.0. The fraction of sp³-hybridized carbons (Fsp3) is 1.00. The van der Waals surface area contributed by atoms with E-state index in [1.165, 1.54) is 11.8 Å². The summed E-state index contributed by atoms with van der Waals surface area (Å²) in [4.78, 5) is 0. The Kier molecular flexibility index (Phi) is 0.661. The highest BCUT2D eigenvalue weighted by Crippen LogP contribution is 2.99. The van der Waals surface area contributed by atoms with E-state index in [1.807, 2.05) is 0 Å². The molecule has 0 radical (unpaired) electrons. The zero-order valence-electron chi connectivity index (χ0n) is 7.10. The van der Waals surface area contributed by atoms with Crippen LogP contribution in [0.5, 0.6) is 0 Å². The second-order valence-corrected chi connectivity index (χ2v) is 5.38. The molecule has 1 spiro atoms. The van der Waals surface area contributed by atoms with Crippen LogP contribution in [-0.2, 0) is 0 Å². The quantitative estimate of drug-likeness (QED) is 0.495. The van der Waals surface area contributed by atoms with Crippen molar-refractivity contribution in [3.63, 3.8) is 0 Å². The van der Waals surface area contributed by atoms with Gasteiger partial charge in [0.2, 0.25) is 0 Å². The predicted molar refractivity (Wildman–Crippen MR) is 44.2 cm³/mol. The standard InChI is InChI=1S/C11H16/c1-2-7-11-8-4-3-6-10(11,5-1)9(8)11/h8-9H,1-7H2/t8-,9-,10-,11-/m1/s1. The Morgan fingerprint density at radius 1 is 0.909 bits per heavy atom. The van der Waals surface area contributed by atoms with E-state index in [1.54, 1.807) is 44.9 Å². The summed E-state index contributed by atoms with van der Waals surface area (Å²) in [7, 11) is 0. The summed E-state index contributed by atoms with van der Waals surface area (Å²) in [6.07, 6.45) is 11.2. The second-order valence-electron chi connectivity index (χ2n) is 5.38. The van der Waals surface area contributed by atoms with Crippen LogP contribution in [0.4, 0.5) is 0 Å². The number of rotatable bonds is 0. The third kappa shape index (κ3) is 0.346. The molecule has 60 valence electrons. The Morgan fingerprint density at radius 2 is 1.73 bits per heavy atom. The summed E-state index contributed by atoms with van der Waals surface area (Å²) < 4.78 is 0. The van der Waals surface area contributed by atoms with Gasteiger partial charge in [-0.25, -0.2) is 0 Å². The first-order valence-corrected chi connectivity index (χ1v) is 5.42. The van der Waals surface area contributed by atoms with E-state index in [-0.39, 0.29) is 0 Å². The van der Waals surface area contributed by atoms with Gasteiger partial charge < -0.3 is 0 Å². The van der Waals surface area contributed by atoms with E-state index in [0.717, 1.165) is 10.8 Å². The van der Waals surface area contributed by atoms with Gasteiger partial charge in [0, 0.05) is 0 Å². The molecule has 4 fully saturated rings. The van der Waals surface area contributed by atoms with Crippen molar-refractivity contribution in [3.05, 3.63) is 0 Å². The topological polar surface area (TPSA) is 0 Å². The van der Waals surface area contributed by atoms with Crippen molar-refractivity contribution in [1.29, 1.82) is 0 Å². The van der Waals surface area contributed by atoms with Crippen LogP contribution < -0.4 is 0 Å². The molecule has 0 saturated heterocycles. The Labute approximate surface area is 68.4 Å². The summed E-state index contributed by atoms with van der Waals surface area (Å²) >= 11 is 0. The molecule has 0 nitrogen and oxygen atoms in total. The maximum absolute atomic E-state index is 1.63. The van der Waals surface area contributed by atoms with Gasteiger partial charge >= 0.3 is 0 Å². The first kappa shape index (κ1) is 5.61. The van der Waals surface area contributed by atoms with Gasteiger partial charge in [0.15, 0.2) is 0 Å². The molecule has 4 aliphatic carbocycles. The lowest BCUT2D eigenvalue weighted by atomic mass is 9.65. The Morgan fingerprint density at radius 3 is 2.64 bits per heavy atom. The number of hydrogen-bond donors (Lipinski definition) is 0. The molecule has 4 atom stereocenters. The van der Waals surface area contributed by atoms with Crippen molar-refractivity contribution in [2.24, 2.45) is 22.7 Å². The smallest absolute Gasteiger partial charge is 0.0170 e. The molecule has 0 aromatic carbocycles. The monoisotopic (exact) mass is 148 g/mol. The minimum atomic E-state index is 0.980. The molecular weight excluding hydrogens is 132 g/mol. The van der Waals surface area contributed by atoms with Crippen LogP contribution in [0.15, 0.2) is 0 Å². The predicted octanol–water partition coefficient (Wildman–Crippen LogP) is 2.98. The van der Waals surface area contributed by atoms with Gasteiger partial charge in [0.05, 0.1) is 0 Å². The van der Waals surface area contributed by atoms with Gasteiger partial charge in [0.1, 0.15) is 0 Å². The molecule has 4 aliphatic rings. The maximum atomic E-state index is 1.63. The molecule has 0 aromatic rings. The van der Waals surface area contributed by atoms with E-state index < -0.39 is 0 Å². The van der Waals surface area contributed by atoms with Crippen LogP contribution in [0.2, 0.25) is 0 Å². The molecule has 11 heavy (non-hydrogen) atoms. The molecule has 0 N–H and O–H groups in total. The third-order valence-corrected chi connectivity index (χ3v) is 5.55. The van der Waals surface area contributed by atoms with Crippen molar-refractivity contribution < 1.29 is 0 Å². The van der Waals surface area contributed by atoms with E-state index in [9.17, 15) is 0 Å².